The zero-order valence-electron chi connectivity index (χ0n) is 14.7. The zero-order valence-corrected chi connectivity index (χ0v) is 14.7. The third kappa shape index (κ3) is 6.06. The van der Waals surface area contributed by atoms with Crippen molar-refractivity contribution < 1.29 is 18.8 Å². The molecule has 0 aliphatic carbocycles. The van der Waals surface area contributed by atoms with E-state index in [-0.39, 0.29) is 12.6 Å². The lowest BCUT2D eigenvalue weighted by molar-refractivity contribution is 0.112. The van der Waals surface area contributed by atoms with Crippen LogP contribution in [0.25, 0.3) is 0 Å². The fraction of sp³-hybridized carbons (Fsp3) is 0.800. The maximum atomic E-state index is 12.4. The molecule has 1 aliphatic rings. The minimum atomic E-state index is -0.138. The van der Waals surface area contributed by atoms with Crippen molar-refractivity contribution in [3.8, 4) is 0 Å². The van der Waals surface area contributed by atoms with E-state index in [4.69, 9.17) is 14.0 Å². The summed E-state index contributed by atoms with van der Waals surface area (Å²) in [7, 11) is 5.66. The molecule has 0 unspecified atom stereocenters. The van der Waals surface area contributed by atoms with Gasteiger partial charge in [-0.05, 0) is 14.1 Å². The number of carbonyl (C=O) groups excluding carboxylic acids is 1. The highest BCUT2D eigenvalue weighted by atomic mass is 16.5. The van der Waals surface area contributed by atoms with Gasteiger partial charge in [-0.25, -0.2) is 4.79 Å². The zero-order chi connectivity index (χ0) is 17.4. The number of urea groups is 1. The fourth-order valence-corrected chi connectivity index (χ4v) is 2.61. The molecule has 9 heteroatoms. The molecular formula is C15H27N5O4. The van der Waals surface area contributed by atoms with Crippen LogP contribution in [-0.2, 0) is 22.4 Å². The minimum Gasteiger partial charge on any atom is -0.384 e. The molecule has 0 radical (unpaired) electrons. The summed E-state index contributed by atoms with van der Waals surface area (Å²) >= 11 is 0. The average molecular weight is 341 g/mol. The standard InChI is InChI=1S/C15H27N5O4/c1-19(2)9-12-10-20(5-7-23-11-12)15(21)16-8-14-17-13(18-24-14)4-6-22-3/h12H,4-11H2,1-3H3,(H,16,21)/t12-/m1/s1. The predicted octanol–water partition coefficient (Wildman–Crippen LogP) is -0.0219. The van der Waals surface area contributed by atoms with Crippen LogP contribution in [0.3, 0.4) is 0 Å². The summed E-state index contributed by atoms with van der Waals surface area (Å²) < 4.78 is 15.7. The number of nitrogens with one attached hydrogen (secondary N) is 1. The number of hydrogen-bond donors (Lipinski definition) is 1. The highest BCUT2D eigenvalue weighted by molar-refractivity contribution is 5.74. The second kappa shape index (κ2) is 9.55. The molecule has 9 nitrogen and oxygen atoms in total. The molecule has 1 aromatic heterocycles. The predicted molar refractivity (Wildman–Crippen MR) is 86.5 cm³/mol. The van der Waals surface area contributed by atoms with E-state index < -0.39 is 0 Å². The number of hydrogen-bond acceptors (Lipinski definition) is 7. The molecule has 2 amide bonds. The van der Waals surface area contributed by atoms with Crippen molar-refractivity contribution in [3.63, 3.8) is 0 Å². The lowest BCUT2D eigenvalue weighted by atomic mass is 10.1. The molecular weight excluding hydrogens is 314 g/mol. The molecule has 1 N–H and O–H groups in total. The van der Waals surface area contributed by atoms with Crippen LogP contribution in [0.2, 0.25) is 0 Å². The van der Waals surface area contributed by atoms with Crippen LogP contribution in [-0.4, -0.2) is 86.6 Å². The molecule has 1 atom stereocenters. The maximum Gasteiger partial charge on any atom is 0.317 e. The first kappa shape index (κ1) is 18.6. The summed E-state index contributed by atoms with van der Waals surface area (Å²) in [6.07, 6.45) is 0.587. The second-order valence-corrected chi connectivity index (χ2v) is 6.16. The van der Waals surface area contributed by atoms with Gasteiger partial charge >= 0.3 is 6.03 Å². The van der Waals surface area contributed by atoms with Crippen molar-refractivity contribution in [1.82, 2.24) is 25.3 Å². The van der Waals surface area contributed by atoms with Gasteiger partial charge in [-0.15, -0.1) is 0 Å². The lowest BCUT2D eigenvalue weighted by Crippen LogP contribution is -2.44. The number of ether oxygens (including phenoxy) is 2. The number of methoxy groups -OCH3 is 1. The molecule has 1 aliphatic heterocycles. The van der Waals surface area contributed by atoms with Crippen LogP contribution in [0.15, 0.2) is 4.52 Å². The van der Waals surface area contributed by atoms with Gasteiger partial charge in [0.15, 0.2) is 5.82 Å². The molecule has 0 aromatic carbocycles. The molecule has 136 valence electrons. The molecule has 0 saturated carbocycles. The van der Waals surface area contributed by atoms with E-state index in [0.717, 1.165) is 6.54 Å². The van der Waals surface area contributed by atoms with Gasteiger partial charge in [0.25, 0.3) is 0 Å². The van der Waals surface area contributed by atoms with Crippen LogP contribution in [0, 0.1) is 5.92 Å². The Bertz CT molecular complexity index is 508. The van der Waals surface area contributed by atoms with Crippen molar-refractivity contribution in [1.29, 1.82) is 0 Å². The van der Waals surface area contributed by atoms with Gasteiger partial charge in [0, 0.05) is 39.1 Å². The largest absolute Gasteiger partial charge is 0.384 e. The Morgan fingerprint density at radius 2 is 2.33 bits per heavy atom. The molecule has 0 spiro atoms. The third-order valence-corrected chi connectivity index (χ3v) is 3.68. The number of amides is 2. The van der Waals surface area contributed by atoms with Crippen molar-refractivity contribution in [2.45, 2.75) is 13.0 Å². The smallest absolute Gasteiger partial charge is 0.317 e. The second-order valence-electron chi connectivity index (χ2n) is 6.16. The van der Waals surface area contributed by atoms with Crippen molar-refractivity contribution in [3.05, 3.63) is 11.7 Å². The van der Waals surface area contributed by atoms with Crippen molar-refractivity contribution >= 4 is 6.03 Å². The number of aromatic nitrogens is 2. The van der Waals surface area contributed by atoms with Gasteiger partial charge < -0.3 is 29.1 Å². The molecule has 1 aromatic rings. The highest BCUT2D eigenvalue weighted by Gasteiger charge is 2.23. The Balaban J connectivity index is 1.81. The van der Waals surface area contributed by atoms with E-state index >= 15 is 0 Å². The van der Waals surface area contributed by atoms with Crippen LogP contribution in [0.4, 0.5) is 4.79 Å². The van der Waals surface area contributed by atoms with Gasteiger partial charge in [0.2, 0.25) is 5.89 Å². The molecule has 0 bridgehead atoms. The van der Waals surface area contributed by atoms with Crippen molar-refractivity contribution in [2.75, 3.05) is 60.7 Å². The van der Waals surface area contributed by atoms with Gasteiger partial charge in [-0.2, -0.15) is 4.98 Å². The molecule has 1 saturated heterocycles. The quantitative estimate of drug-likeness (QED) is 0.745. The summed E-state index contributed by atoms with van der Waals surface area (Å²) in [5, 5.41) is 6.68. The normalized spacial score (nSPS) is 18.7. The molecule has 2 heterocycles. The van der Waals surface area contributed by atoms with E-state index in [1.165, 1.54) is 0 Å². The number of nitrogens with zero attached hydrogens (tertiary/aromatic N) is 4. The van der Waals surface area contributed by atoms with Crippen LogP contribution < -0.4 is 5.32 Å². The Kier molecular flexibility index (Phi) is 7.41. The topological polar surface area (TPSA) is 93.0 Å². The SMILES string of the molecule is COCCc1noc(CNC(=O)N2CCOC[C@H](CN(C)C)C2)n1. The van der Waals surface area contributed by atoms with E-state index in [1.807, 2.05) is 14.1 Å². The van der Waals surface area contributed by atoms with Gasteiger partial charge in [-0.3, -0.25) is 0 Å². The summed E-state index contributed by atoms with van der Waals surface area (Å²) in [4.78, 5) is 20.5. The van der Waals surface area contributed by atoms with E-state index in [1.54, 1.807) is 12.0 Å². The summed E-state index contributed by atoms with van der Waals surface area (Å²) in [6, 6.07) is -0.138. The molecule has 2 rings (SSSR count). The highest BCUT2D eigenvalue weighted by Crippen LogP contribution is 2.08. The van der Waals surface area contributed by atoms with E-state index in [2.05, 4.69) is 20.4 Å². The Morgan fingerprint density at radius 1 is 1.50 bits per heavy atom. The third-order valence-electron chi connectivity index (χ3n) is 3.68. The lowest BCUT2D eigenvalue weighted by Gasteiger charge is -2.25. The number of rotatable bonds is 7. The van der Waals surface area contributed by atoms with Crippen LogP contribution in [0.1, 0.15) is 11.7 Å². The van der Waals surface area contributed by atoms with Crippen LogP contribution >= 0.6 is 0 Å². The first-order valence-electron chi connectivity index (χ1n) is 8.14. The first-order chi connectivity index (χ1) is 11.6. The van der Waals surface area contributed by atoms with Crippen molar-refractivity contribution in [2.24, 2.45) is 5.92 Å². The summed E-state index contributed by atoms with van der Waals surface area (Å²) in [6.45, 7) is 4.12. The van der Waals surface area contributed by atoms with Gasteiger partial charge in [-0.1, -0.05) is 5.16 Å². The van der Waals surface area contributed by atoms with Gasteiger partial charge in [0.05, 0.1) is 26.4 Å². The monoisotopic (exact) mass is 341 g/mol. The maximum absolute atomic E-state index is 12.4. The minimum absolute atomic E-state index is 0.138. The molecule has 24 heavy (non-hydrogen) atoms. The average Bonchev–Trinajstić information content (AvgIpc) is 2.88. The Labute approximate surface area is 142 Å². The summed E-state index contributed by atoms with van der Waals surface area (Å²) in [5.74, 6) is 1.28. The first-order valence-corrected chi connectivity index (χ1v) is 8.14. The Hall–Kier alpha value is -1.71. The fourth-order valence-electron chi connectivity index (χ4n) is 2.61. The summed E-state index contributed by atoms with van der Waals surface area (Å²) in [5.41, 5.74) is 0. The van der Waals surface area contributed by atoms with Crippen LogP contribution in [0.5, 0.6) is 0 Å². The molecule has 1 fully saturated rings. The van der Waals surface area contributed by atoms with Gasteiger partial charge in [0.1, 0.15) is 0 Å². The van der Waals surface area contributed by atoms with E-state index in [0.29, 0.717) is 57.0 Å². The number of carbonyl (C=O) groups is 1. The Morgan fingerprint density at radius 3 is 3.08 bits per heavy atom. The van der Waals surface area contributed by atoms with E-state index in [9.17, 15) is 4.79 Å².